The van der Waals surface area contributed by atoms with E-state index >= 15 is 0 Å². The number of ether oxygens (including phenoxy) is 1. The third kappa shape index (κ3) is 1.51. The van der Waals surface area contributed by atoms with Gasteiger partial charge in [0.15, 0.2) is 0 Å². The Bertz CT molecular complexity index is 246. The number of carboxylic acid groups (broad SMARTS) is 1. The van der Waals surface area contributed by atoms with Crippen molar-refractivity contribution < 1.29 is 14.6 Å². The van der Waals surface area contributed by atoms with Gasteiger partial charge >= 0.3 is 5.97 Å². The fourth-order valence-electron chi connectivity index (χ4n) is 2.34. The van der Waals surface area contributed by atoms with E-state index in [0.29, 0.717) is 12.1 Å². The molecule has 2 fully saturated rings. The van der Waals surface area contributed by atoms with E-state index in [1.807, 2.05) is 6.92 Å². The van der Waals surface area contributed by atoms with Crippen molar-refractivity contribution in [3.05, 3.63) is 0 Å². The van der Waals surface area contributed by atoms with E-state index in [-0.39, 0.29) is 6.04 Å². The SMILES string of the molecule is CC(C(N)C(=O)O)N1CC2CC1CO2. The molecular weight excluding hydrogens is 184 g/mol. The molecule has 14 heavy (non-hydrogen) atoms. The summed E-state index contributed by atoms with van der Waals surface area (Å²) in [5.74, 6) is -0.929. The number of aliphatic carboxylic acids is 1. The average Bonchev–Trinajstić information content (AvgIpc) is 2.76. The fourth-order valence-corrected chi connectivity index (χ4v) is 2.34. The highest BCUT2D eigenvalue weighted by molar-refractivity contribution is 5.74. The minimum absolute atomic E-state index is 0.105. The van der Waals surface area contributed by atoms with Crippen LogP contribution in [0.5, 0.6) is 0 Å². The summed E-state index contributed by atoms with van der Waals surface area (Å²) in [7, 11) is 0. The van der Waals surface area contributed by atoms with Crippen LogP contribution >= 0.6 is 0 Å². The van der Waals surface area contributed by atoms with Crippen molar-refractivity contribution in [2.24, 2.45) is 5.73 Å². The van der Waals surface area contributed by atoms with E-state index in [0.717, 1.165) is 19.6 Å². The van der Waals surface area contributed by atoms with Gasteiger partial charge in [-0.3, -0.25) is 9.69 Å². The lowest BCUT2D eigenvalue weighted by Crippen LogP contribution is -2.53. The molecule has 80 valence electrons. The van der Waals surface area contributed by atoms with Crippen molar-refractivity contribution in [1.82, 2.24) is 4.90 Å². The summed E-state index contributed by atoms with van der Waals surface area (Å²) in [6.07, 6.45) is 1.32. The number of carbonyl (C=O) groups is 1. The Kier molecular flexibility index (Phi) is 2.47. The normalized spacial score (nSPS) is 35.9. The summed E-state index contributed by atoms with van der Waals surface area (Å²) in [6, 6.07) is -0.527. The monoisotopic (exact) mass is 200 g/mol. The molecule has 0 spiro atoms. The van der Waals surface area contributed by atoms with Crippen molar-refractivity contribution in [3.63, 3.8) is 0 Å². The number of nitrogens with two attached hydrogens (primary N) is 1. The lowest BCUT2D eigenvalue weighted by Gasteiger charge is -2.34. The van der Waals surface area contributed by atoms with Crippen LogP contribution < -0.4 is 5.73 Å². The molecular formula is C9H16N2O3. The molecule has 2 rings (SSSR count). The Labute approximate surface area is 82.8 Å². The third-order valence-corrected chi connectivity index (χ3v) is 3.27. The van der Waals surface area contributed by atoms with Crippen LogP contribution in [0.3, 0.4) is 0 Å². The van der Waals surface area contributed by atoms with Gasteiger partial charge in [-0.2, -0.15) is 0 Å². The molecule has 4 atom stereocenters. The molecule has 2 bridgehead atoms. The summed E-state index contributed by atoms with van der Waals surface area (Å²) in [5, 5.41) is 8.80. The van der Waals surface area contributed by atoms with Gasteiger partial charge in [0, 0.05) is 18.6 Å². The summed E-state index contributed by atoms with van der Waals surface area (Å²) in [6.45, 7) is 3.42. The molecule has 2 aliphatic rings. The number of carboxylic acids is 1. The van der Waals surface area contributed by atoms with Gasteiger partial charge in [-0.05, 0) is 13.3 Å². The van der Waals surface area contributed by atoms with Gasteiger partial charge in [-0.25, -0.2) is 0 Å². The van der Waals surface area contributed by atoms with E-state index in [4.69, 9.17) is 15.6 Å². The molecule has 0 radical (unpaired) electrons. The second-order valence-corrected chi connectivity index (χ2v) is 4.15. The van der Waals surface area contributed by atoms with Crippen molar-refractivity contribution in [3.8, 4) is 0 Å². The highest BCUT2D eigenvalue weighted by atomic mass is 16.5. The standard InChI is InChI=1S/C9H16N2O3/c1-5(8(10)9(12)13)11-3-7-2-6(11)4-14-7/h5-8H,2-4,10H2,1H3,(H,12,13). The van der Waals surface area contributed by atoms with Crippen LogP contribution in [0.2, 0.25) is 0 Å². The first-order valence-corrected chi connectivity index (χ1v) is 4.95. The van der Waals surface area contributed by atoms with Crippen LogP contribution in [0, 0.1) is 0 Å². The predicted molar refractivity (Wildman–Crippen MR) is 49.9 cm³/mol. The number of nitrogens with zero attached hydrogens (tertiary/aromatic N) is 1. The van der Waals surface area contributed by atoms with E-state index in [9.17, 15) is 4.79 Å². The van der Waals surface area contributed by atoms with E-state index in [2.05, 4.69) is 4.90 Å². The molecule has 2 aliphatic heterocycles. The van der Waals surface area contributed by atoms with E-state index < -0.39 is 12.0 Å². The van der Waals surface area contributed by atoms with Crippen molar-refractivity contribution in [2.75, 3.05) is 13.2 Å². The molecule has 0 aromatic rings. The zero-order chi connectivity index (χ0) is 10.3. The van der Waals surface area contributed by atoms with Crippen molar-refractivity contribution >= 4 is 5.97 Å². The van der Waals surface area contributed by atoms with Gasteiger partial charge < -0.3 is 15.6 Å². The van der Waals surface area contributed by atoms with Crippen LogP contribution in [0.1, 0.15) is 13.3 Å². The summed E-state index contributed by atoms with van der Waals surface area (Å²) in [4.78, 5) is 12.9. The second kappa shape index (κ2) is 3.49. The maximum absolute atomic E-state index is 10.7. The summed E-state index contributed by atoms with van der Waals surface area (Å²) < 4.78 is 5.44. The van der Waals surface area contributed by atoms with E-state index in [1.165, 1.54) is 0 Å². The predicted octanol–water partition coefficient (Wildman–Crippen LogP) is -0.740. The Morgan fingerprint density at radius 2 is 2.43 bits per heavy atom. The molecule has 0 aliphatic carbocycles. The molecule has 5 heteroatoms. The van der Waals surface area contributed by atoms with E-state index in [1.54, 1.807) is 0 Å². The number of fused-ring (bicyclic) bond motifs is 2. The summed E-state index contributed by atoms with van der Waals surface area (Å²) >= 11 is 0. The third-order valence-electron chi connectivity index (χ3n) is 3.27. The van der Waals surface area contributed by atoms with Gasteiger partial charge in [0.25, 0.3) is 0 Å². The minimum atomic E-state index is -0.929. The highest BCUT2D eigenvalue weighted by Crippen LogP contribution is 2.29. The molecule has 4 unspecified atom stereocenters. The first kappa shape index (κ1) is 9.89. The van der Waals surface area contributed by atoms with Gasteiger partial charge in [-0.1, -0.05) is 0 Å². The van der Waals surface area contributed by atoms with Crippen LogP contribution in [0.15, 0.2) is 0 Å². The zero-order valence-electron chi connectivity index (χ0n) is 8.22. The summed E-state index contributed by atoms with van der Waals surface area (Å²) in [5.41, 5.74) is 5.59. The highest BCUT2D eigenvalue weighted by Gasteiger charge is 2.43. The average molecular weight is 200 g/mol. The Morgan fingerprint density at radius 3 is 2.86 bits per heavy atom. The molecule has 2 heterocycles. The molecule has 3 N–H and O–H groups in total. The van der Waals surface area contributed by atoms with Gasteiger partial charge in [-0.15, -0.1) is 0 Å². The quantitative estimate of drug-likeness (QED) is 0.627. The van der Waals surface area contributed by atoms with Crippen LogP contribution in [0.25, 0.3) is 0 Å². The van der Waals surface area contributed by atoms with Crippen LogP contribution in [0.4, 0.5) is 0 Å². The largest absolute Gasteiger partial charge is 0.480 e. The van der Waals surface area contributed by atoms with Crippen LogP contribution in [-0.4, -0.2) is 53.4 Å². The molecule has 2 saturated heterocycles. The fraction of sp³-hybridized carbons (Fsp3) is 0.889. The number of likely N-dealkylation sites (tertiary alicyclic amines) is 1. The lowest BCUT2D eigenvalue weighted by atomic mass is 10.1. The second-order valence-electron chi connectivity index (χ2n) is 4.15. The molecule has 0 aromatic carbocycles. The number of hydrogen-bond donors (Lipinski definition) is 2. The van der Waals surface area contributed by atoms with Gasteiger partial charge in [0.2, 0.25) is 0 Å². The number of morpholine rings is 1. The molecule has 0 amide bonds. The van der Waals surface area contributed by atoms with Gasteiger partial charge in [0.1, 0.15) is 6.04 Å². The van der Waals surface area contributed by atoms with Crippen molar-refractivity contribution in [2.45, 2.75) is 37.6 Å². The molecule has 0 aromatic heterocycles. The van der Waals surface area contributed by atoms with Crippen LogP contribution in [-0.2, 0) is 9.53 Å². The Morgan fingerprint density at radius 1 is 1.71 bits per heavy atom. The lowest BCUT2D eigenvalue weighted by molar-refractivity contribution is -0.140. The Hall–Kier alpha value is -0.650. The molecule has 5 nitrogen and oxygen atoms in total. The van der Waals surface area contributed by atoms with Crippen molar-refractivity contribution in [1.29, 1.82) is 0 Å². The molecule has 0 saturated carbocycles. The first-order valence-electron chi connectivity index (χ1n) is 4.95. The maximum atomic E-state index is 10.7. The number of rotatable bonds is 3. The number of hydrogen-bond acceptors (Lipinski definition) is 4. The zero-order valence-corrected chi connectivity index (χ0v) is 8.22. The maximum Gasteiger partial charge on any atom is 0.322 e. The topological polar surface area (TPSA) is 75.8 Å². The first-order chi connectivity index (χ1) is 6.59. The smallest absolute Gasteiger partial charge is 0.322 e. The Balaban J connectivity index is 1.98. The van der Waals surface area contributed by atoms with Gasteiger partial charge in [0.05, 0.1) is 12.7 Å². The minimum Gasteiger partial charge on any atom is -0.480 e.